The number of hydrogen-bond acceptors (Lipinski definition) is 4. The summed E-state index contributed by atoms with van der Waals surface area (Å²) in [6.45, 7) is 1.83. The van der Waals surface area contributed by atoms with Gasteiger partial charge in [-0.3, -0.25) is 14.8 Å². The molecule has 0 saturated carbocycles. The van der Waals surface area contributed by atoms with Crippen LogP contribution in [0.4, 0.5) is 0 Å². The lowest BCUT2D eigenvalue weighted by atomic mass is 10.4. The Kier molecular flexibility index (Phi) is 2.10. The van der Waals surface area contributed by atoms with Gasteiger partial charge in [0.05, 0.1) is 11.4 Å². The van der Waals surface area contributed by atoms with Gasteiger partial charge in [-0.2, -0.15) is 0 Å². The van der Waals surface area contributed by atoms with Crippen LogP contribution in [0, 0.1) is 0 Å². The molecule has 66 valence electrons. The molecule has 0 radical (unpaired) electrons. The highest BCUT2D eigenvalue weighted by Gasteiger charge is 2.25. The Balaban J connectivity index is 2.30. The van der Waals surface area contributed by atoms with E-state index in [1.165, 1.54) is 11.8 Å². The number of carbonyl (C=O) groups is 1. The normalized spacial score (nSPS) is 21.8. The first-order valence-corrected chi connectivity index (χ1v) is 4.71. The topological polar surface area (TPSA) is 55.2 Å². The third-order valence-corrected chi connectivity index (χ3v) is 2.71. The first kappa shape index (κ1) is 8.37. The molecule has 0 saturated heterocycles. The van der Waals surface area contributed by atoms with Crippen molar-refractivity contribution >= 4 is 22.7 Å². The summed E-state index contributed by atoms with van der Waals surface area (Å²) in [5, 5.41) is 0.586. The number of hydrogen-bond donors (Lipinski definition) is 0. The standard InChI is InChI=1S/C8H7N3OS/c1-5-7(12)11-8(13-5)6-4-9-2-3-10-6/h2-5H,1H3. The van der Waals surface area contributed by atoms with Crippen molar-refractivity contribution in [2.45, 2.75) is 12.2 Å². The Morgan fingerprint density at radius 1 is 1.46 bits per heavy atom. The molecular weight excluding hydrogens is 186 g/mol. The fourth-order valence-electron chi connectivity index (χ4n) is 0.962. The first-order valence-electron chi connectivity index (χ1n) is 3.83. The largest absolute Gasteiger partial charge is 0.271 e. The van der Waals surface area contributed by atoms with E-state index in [0.29, 0.717) is 10.7 Å². The van der Waals surface area contributed by atoms with Gasteiger partial charge in [-0.1, -0.05) is 11.8 Å². The van der Waals surface area contributed by atoms with Crippen molar-refractivity contribution in [1.82, 2.24) is 9.97 Å². The minimum Gasteiger partial charge on any atom is -0.271 e. The van der Waals surface area contributed by atoms with Gasteiger partial charge in [0.2, 0.25) is 0 Å². The molecule has 1 unspecified atom stereocenters. The van der Waals surface area contributed by atoms with E-state index in [1.807, 2.05) is 6.92 Å². The number of rotatable bonds is 1. The van der Waals surface area contributed by atoms with Crippen molar-refractivity contribution in [2.75, 3.05) is 0 Å². The van der Waals surface area contributed by atoms with Crippen molar-refractivity contribution in [3.8, 4) is 0 Å². The van der Waals surface area contributed by atoms with Crippen LogP contribution in [-0.4, -0.2) is 26.2 Å². The molecule has 0 aromatic carbocycles. The zero-order valence-electron chi connectivity index (χ0n) is 6.97. The summed E-state index contributed by atoms with van der Waals surface area (Å²) in [7, 11) is 0. The lowest BCUT2D eigenvalue weighted by Gasteiger charge is -1.97. The van der Waals surface area contributed by atoms with Gasteiger partial charge in [0.25, 0.3) is 5.91 Å². The highest BCUT2D eigenvalue weighted by Crippen LogP contribution is 2.24. The van der Waals surface area contributed by atoms with Crippen LogP contribution in [0.3, 0.4) is 0 Å². The SMILES string of the molecule is CC1SC(c2cnccn2)=NC1=O. The molecular formula is C8H7N3OS. The third-order valence-electron chi connectivity index (χ3n) is 1.63. The van der Waals surface area contributed by atoms with Crippen LogP contribution in [-0.2, 0) is 4.79 Å². The second kappa shape index (κ2) is 3.26. The highest BCUT2D eigenvalue weighted by molar-refractivity contribution is 8.16. The second-order valence-electron chi connectivity index (χ2n) is 2.61. The maximum absolute atomic E-state index is 11.1. The summed E-state index contributed by atoms with van der Waals surface area (Å²) in [5.74, 6) is -0.0920. The smallest absolute Gasteiger partial charge is 0.260 e. The summed E-state index contributed by atoms with van der Waals surface area (Å²) >= 11 is 1.42. The van der Waals surface area contributed by atoms with Crippen molar-refractivity contribution in [1.29, 1.82) is 0 Å². The summed E-state index contributed by atoms with van der Waals surface area (Å²) < 4.78 is 0. The summed E-state index contributed by atoms with van der Waals surface area (Å²) in [5.41, 5.74) is 0.671. The number of nitrogens with zero attached hydrogens (tertiary/aromatic N) is 3. The lowest BCUT2D eigenvalue weighted by molar-refractivity contribution is -0.116. The van der Waals surface area contributed by atoms with E-state index in [-0.39, 0.29) is 11.2 Å². The predicted molar refractivity (Wildman–Crippen MR) is 50.6 cm³/mol. The van der Waals surface area contributed by atoms with Crippen molar-refractivity contribution in [3.05, 3.63) is 24.3 Å². The minimum atomic E-state index is -0.0920. The Morgan fingerprint density at radius 3 is 2.85 bits per heavy atom. The van der Waals surface area contributed by atoms with Crippen LogP contribution in [0.2, 0.25) is 0 Å². The molecule has 1 amide bonds. The van der Waals surface area contributed by atoms with Gasteiger partial charge in [0.1, 0.15) is 10.7 Å². The number of thioether (sulfide) groups is 1. The number of aromatic nitrogens is 2. The molecule has 5 heteroatoms. The number of aliphatic imine (C=N–C) groups is 1. The molecule has 1 aromatic rings. The van der Waals surface area contributed by atoms with Gasteiger partial charge in [-0.05, 0) is 6.92 Å². The van der Waals surface area contributed by atoms with Gasteiger partial charge >= 0.3 is 0 Å². The number of carbonyl (C=O) groups excluding carboxylic acids is 1. The van der Waals surface area contributed by atoms with Crippen LogP contribution >= 0.6 is 11.8 Å². The lowest BCUT2D eigenvalue weighted by Crippen LogP contribution is -2.03. The zero-order chi connectivity index (χ0) is 9.26. The highest BCUT2D eigenvalue weighted by atomic mass is 32.2. The Bertz CT molecular complexity index is 363. The van der Waals surface area contributed by atoms with Crippen LogP contribution in [0.5, 0.6) is 0 Å². The summed E-state index contributed by atoms with van der Waals surface area (Å²) in [4.78, 5) is 23.0. The minimum absolute atomic E-state index is 0.0861. The molecule has 13 heavy (non-hydrogen) atoms. The van der Waals surface area contributed by atoms with Gasteiger partial charge in [0, 0.05) is 12.4 Å². The third kappa shape index (κ3) is 1.60. The van der Waals surface area contributed by atoms with E-state index in [1.54, 1.807) is 18.6 Å². The average molecular weight is 193 g/mol. The van der Waals surface area contributed by atoms with E-state index >= 15 is 0 Å². The molecule has 0 N–H and O–H groups in total. The van der Waals surface area contributed by atoms with Crippen molar-refractivity contribution in [3.63, 3.8) is 0 Å². The van der Waals surface area contributed by atoms with Crippen LogP contribution in [0.25, 0.3) is 0 Å². The fraction of sp³-hybridized carbons (Fsp3) is 0.250. The molecule has 0 bridgehead atoms. The molecule has 1 atom stereocenters. The average Bonchev–Trinajstić information content (AvgIpc) is 2.49. The van der Waals surface area contributed by atoms with E-state index in [0.717, 1.165) is 0 Å². The van der Waals surface area contributed by atoms with E-state index < -0.39 is 0 Å². The van der Waals surface area contributed by atoms with Gasteiger partial charge in [-0.25, -0.2) is 4.99 Å². The van der Waals surface area contributed by atoms with Crippen LogP contribution < -0.4 is 0 Å². The summed E-state index contributed by atoms with van der Waals surface area (Å²) in [6, 6.07) is 0. The second-order valence-corrected chi connectivity index (χ2v) is 3.94. The van der Waals surface area contributed by atoms with E-state index in [2.05, 4.69) is 15.0 Å². The predicted octanol–water partition coefficient (Wildman–Crippen LogP) is 0.885. The van der Waals surface area contributed by atoms with Gasteiger partial charge in [-0.15, -0.1) is 0 Å². The first-order chi connectivity index (χ1) is 6.27. The molecule has 1 aromatic heterocycles. The maximum atomic E-state index is 11.1. The Morgan fingerprint density at radius 2 is 2.31 bits per heavy atom. The molecule has 2 rings (SSSR count). The Labute approximate surface area is 79.5 Å². The number of amides is 1. The van der Waals surface area contributed by atoms with Gasteiger partial charge < -0.3 is 0 Å². The zero-order valence-corrected chi connectivity index (χ0v) is 7.78. The van der Waals surface area contributed by atoms with Gasteiger partial charge in [0.15, 0.2) is 0 Å². The molecule has 0 aliphatic carbocycles. The Hall–Kier alpha value is -1.23. The maximum Gasteiger partial charge on any atom is 0.260 e. The van der Waals surface area contributed by atoms with E-state index in [9.17, 15) is 4.79 Å². The summed E-state index contributed by atoms with van der Waals surface area (Å²) in [6.07, 6.45) is 4.79. The quantitative estimate of drug-likeness (QED) is 0.664. The van der Waals surface area contributed by atoms with E-state index in [4.69, 9.17) is 0 Å². The molecule has 2 heterocycles. The monoisotopic (exact) mass is 193 g/mol. The van der Waals surface area contributed by atoms with Crippen LogP contribution in [0.15, 0.2) is 23.6 Å². The van der Waals surface area contributed by atoms with Crippen LogP contribution in [0.1, 0.15) is 12.6 Å². The van der Waals surface area contributed by atoms with Crippen molar-refractivity contribution in [2.24, 2.45) is 4.99 Å². The molecule has 4 nitrogen and oxygen atoms in total. The molecule has 1 aliphatic rings. The molecule has 0 fully saturated rings. The molecule has 0 spiro atoms. The molecule has 1 aliphatic heterocycles. The fourth-order valence-corrected chi connectivity index (χ4v) is 1.82. The van der Waals surface area contributed by atoms with Crippen molar-refractivity contribution < 1.29 is 4.79 Å².